The molecule has 0 aliphatic rings. The number of carbonyl (C=O) groups is 1. The molecule has 1 amide bonds. The Morgan fingerprint density at radius 1 is 1.33 bits per heavy atom. The zero-order valence-corrected chi connectivity index (χ0v) is 10.1. The van der Waals surface area contributed by atoms with Gasteiger partial charge in [0.1, 0.15) is 11.4 Å². The first-order chi connectivity index (χ1) is 8.61. The molecule has 1 heterocycles. The van der Waals surface area contributed by atoms with Gasteiger partial charge in [-0.1, -0.05) is 0 Å². The minimum Gasteiger partial charge on any atom is -0.497 e. The van der Waals surface area contributed by atoms with Gasteiger partial charge in [-0.15, -0.1) is 0 Å². The van der Waals surface area contributed by atoms with Crippen molar-refractivity contribution in [3.05, 3.63) is 40.8 Å². The summed E-state index contributed by atoms with van der Waals surface area (Å²) in [6.07, 6.45) is 1.45. The lowest BCUT2D eigenvalue weighted by Crippen LogP contribution is -2.19. The van der Waals surface area contributed by atoms with E-state index in [1.165, 1.54) is 17.8 Å². The van der Waals surface area contributed by atoms with Gasteiger partial charge in [0, 0.05) is 13.1 Å². The first-order valence-electron chi connectivity index (χ1n) is 5.34. The number of benzene rings is 1. The van der Waals surface area contributed by atoms with Crippen LogP contribution in [0, 0.1) is 0 Å². The highest BCUT2D eigenvalue weighted by Crippen LogP contribution is 2.13. The van der Waals surface area contributed by atoms with E-state index in [-0.39, 0.29) is 17.2 Å². The predicted molar refractivity (Wildman–Crippen MR) is 67.2 cm³/mol. The second kappa shape index (κ2) is 4.79. The maximum Gasteiger partial charge on any atom is 0.294 e. The van der Waals surface area contributed by atoms with Crippen LogP contribution in [0.4, 0.5) is 5.69 Å². The van der Waals surface area contributed by atoms with E-state index in [2.05, 4.69) is 10.4 Å². The molecule has 0 bridgehead atoms. The van der Waals surface area contributed by atoms with Crippen LogP contribution in [0.15, 0.2) is 35.3 Å². The summed E-state index contributed by atoms with van der Waals surface area (Å²) in [4.78, 5) is 22.9. The molecule has 94 valence electrons. The zero-order valence-electron chi connectivity index (χ0n) is 10.1. The van der Waals surface area contributed by atoms with E-state index in [1.807, 2.05) is 0 Å². The van der Waals surface area contributed by atoms with Crippen LogP contribution in [0.3, 0.4) is 0 Å². The average Bonchev–Trinajstić information content (AvgIpc) is 2.71. The molecule has 0 saturated heterocycles. The number of nitrogens with zero attached hydrogens (tertiary/aromatic N) is 1. The first kappa shape index (κ1) is 12.0. The van der Waals surface area contributed by atoms with Crippen molar-refractivity contribution in [1.82, 2.24) is 9.78 Å². The summed E-state index contributed by atoms with van der Waals surface area (Å²) in [6, 6.07) is 6.99. The number of hydrogen-bond acceptors (Lipinski definition) is 3. The third-order valence-corrected chi connectivity index (χ3v) is 2.41. The number of anilines is 1. The number of aromatic amines is 1. The molecule has 0 radical (unpaired) electrons. The van der Waals surface area contributed by atoms with Crippen LogP contribution in [0.25, 0.3) is 5.69 Å². The molecule has 6 nitrogen and oxygen atoms in total. The molecule has 6 heteroatoms. The minimum absolute atomic E-state index is 0.221. The molecule has 0 unspecified atom stereocenters. The molecule has 1 aromatic heterocycles. The number of nitrogens with one attached hydrogen (secondary N) is 2. The third kappa shape index (κ3) is 2.27. The number of rotatable bonds is 3. The summed E-state index contributed by atoms with van der Waals surface area (Å²) in [5, 5.41) is 5.24. The minimum atomic E-state index is -0.310. The zero-order chi connectivity index (χ0) is 13.1. The Morgan fingerprint density at radius 2 is 2.00 bits per heavy atom. The lowest BCUT2D eigenvalue weighted by atomic mass is 10.3. The number of ether oxygens (including phenoxy) is 1. The van der Waals surface area contributed by atoms with Crippen molar-refractivity contribution in [3.8, 4) is 11.4 Å². The lowest BCUT2D eigenvalue weighted by Gasteiger charge is -2.03. The molecular weight excluding hydrogens is 234 g/mol. The maximum absolute atomic E-state index is 11.9. The van der Waals surface area contributed by atoms with Crippen LogP contribution in [0.2, 0.25) is 0 Å². The van der Waals surface area contributed by atoms with Crippen molar-refractivity contribution in [2.45, 2.75) is 6.92 Å². The normalized spacial score (nSPS) is 10.1. The number of H-pyrrole nitrogens is 1. The maximum atomic E-state index is 11.9. The smallest absolute Gasteiger partial charge is 0.294 e. The van der Waals surface area contributed by atoms with Crippen molar-refractivity contribution in [3.63, 3.8) is 0 Å². The predicted octanol–water partition coefficient (Wildman–Crippen LogP) is 1.13. The molecule has 1 aromatic carbocycles. The van der Waals surface area contributed by atoms with Gasteiger partial charge in [-0.25, -0.2) is 4.68 Å². The van der Waals surface area contributed by atoms with Gasteiger partial charge >= 0.3 is 0 Å². The van der Waals surface area contributed by atoms with Crippen LogP contribution in [0.5, 0.6) is 5.75 Å². The highest BCUT2D eigenvalue weighted by Gasteiger charge is 2.08. The fourth-order valence-electron chi connectivity index (χ4n) is 1.57. The third-order valence-electron chi connectivity index (χ3n) is 2.41. The Hall–Kier alpha value is -2.50. The van der Waals surface area contributed by atoms with Gasteiger partial charge in [-0.05, 0) is 24.3 Å². The Balaban J connectivity index is 2.36. The molecule has 2 N–H and O–H groups in total. The van der Waals surface area contributed by atoms with Crippen molar-refractivity contribution in [1.29, 1.82) is 0 Å². The van der Waals surface area contributed by atoms with Gasteiger partial charge in [-0.3, -0.25) is 14.7 Å². The molecule has 0 saturated carbocycles. The Bertz CT molecular complexity index is 610. The number of amides is 1. The molecule has 0 aliphatic heterocycles. The molecule has 2 aromatic rings. The SMILES string of the molecule is COc1ccc(-n2[nH]cc(NC(C)=O)c2=O)cc1. The Labute approximate surface area is 103 Å². The van der Waals surface area contributed by atoms with Gasteiger partial charge in [0.15, 0.2) is 0 Å². The molecule has 2 rings (SSSR count). The van der Waals surface area contributed by atoms with Crippen LogP contribution in [-0.2, 0) is 4.79 Å². The highest BCUT2D eigenvalue weighted by atomic mass is 16.5. The van der Waals surface area contributed by atoms with Gasteiger partial charge in [0.05, 0.1) is 12.8 Å². The summed E-state index contributed by atoms with van der Waals surface area (Å²) in [7, 11) is 1.57. The van der Waals surface area contributed by atoms with E-state index in [9.17, 15) is 9.59 Å². The number of hydrogen-bond donors (Lipinski definition) is 2. The number of carbonyl (C=O) groups excluding carboxylic acids is 1. The summed E-state index contributed by atoms with van der Waals surface area (Å²) in [5.41, 5.74) is 0.575. The highest BCUT2D eigenvalue weighted by molar-refractivity contribution is 5.88. The van der Waals surface area contributed by atoms with Gasteiger partial charge in [0.2, 0.25) is 5.91 Å². The molecule has 0 fully saturated rings. The fraction of sp³-hybridized carbons (Fsp3) is 0.167. The van der Waals surface area contributed by atoms with Crippen LogP contribution in [-0.4, -0.2) is 22.8 Å². The summed E-state index contributed by atoms with van der Waals surface area (Å²) < 4.78 is 6.38. The van der Waals surface area contributed by atoms with E-state index in [0.717, 1.165) is 0 Å². The van der Waals surface area contributed by atoms with Gasteiger partial charge < -0.3 is 10.1 Å². The summed E-state index contributed by atoms with van der Waals surface area (Å²) in [6.45, 7) is 1.35. The van der Waals surface area contributed by atoms with E-state index in [1.54, 1.807) is 31.4 Å². The molecule has 0 spiro atoms. The first-order valence-corrected chi connectivity index (χ1v) is 5.34. The van der Waals surface area contributed by atoms with Gasteiger partial charge in [-0.2, -0.15) is 0 Å². The Kier molecular flexibility index (Phi) is 3.18. The van der Waals surface area contributed by atoms with E-state index >= 15 is 0 Å². The van der Waals surface area contributed by atoms with Crippen LogP contribution < -0.4 is 15.6 Å². The van der Waals surface area contributed by atoms with Crippen molar-refractivity contribution < 1.29 is 9.53 Å². The van der Waals surface area contributed by atoms with Crippen LogP contribution >= 0.6 is 0 Å². The van der Waals surface area contributed by atoms with Crippen molar-refractivity contribution in [2.75, 3.05) is 12.4 Å². The quantitative estimate of drug-likeness (QED) is 0.853. The molecule has 18 heavy (non-hydrogen) atoms. The fourth-order valence-corrected chi connectivity index (χ4v) is 1.57. The second-order valence-corrected chi connectivity index (χ2v) is 3.71. The average molecular weight is 247 g/mol. The summed E-state index contributed by atoms with van der Waals surface area (Å²) >= 11 is 0. The standard InChI is InChI=1S/C12H13N3O3/c1-8(16)14-11-7-13-15(12(11)17)9-3-5-10(18-2)6-4-9/h3-7,13H,1-2H3,(H,14,16). The molecule has 0 atom stereocenters. The summed E-state index contributed by atoms with van der Waals surface area (Å²) in [5.74, 6) is 0.424. The van der Waals surface area contributed by atoms with E-state index in [0.29, 0.717) is 11.4 Å². The molecular formula is C12H13N3O3. The van der Waals surface area contributed by atoms with Crippen molar-refractivity contribution >= 4 is 11.6 Å². The Morgan fingerprint density at radius 3 is 2.56 bits per heavy atom. The van der Waals surface area contributed by atoms with Crippen molar-refractivity contribution in [2.24, 2.45) is 0 Å². The second-order valence-electron chi connectivity index (χ2n) is 3.71. The largest absolute Gasteiger partial charge is 0.497 e. The van der Waals surface area contributed by atoms with Crippen LogP contribution in [0.1, 0.15) is 6.92 Å². The monoisotopic (exact) mass is 247 g/mol. The number of methoxy groups -OCH3 is 1. The topological polar surface area (TPSA) is 76.1 Å². The molecule has 0 aliphatic carbocycles. The lowest BCUT2D eigenvalue weighted by molar-refractivity contribution is -0.114. The number of aromatic nitrogens is 2. The van der Waals surface area contributed by atoms with E-state index in [4.69, 9.17) is 4.74 Å². The van der Waals surface area contributed by atoms with Gasteiger partial charge in [0.25, 0.3) is 5.56 Å². The van der Waals surface area contributed by atoms with E-state index < -0.39 is 0 Å².